The molecule has 0 unspecified atom stereocenters. The summed E-state index contributed by atoms with van der Waals surface area (Å²) >= 11 is 0. The molecule has 0 aliphatic heterocycles. The fourth-order valence-corrected chi connectivity index (χ4v) is 5.33. The molecule has 2 aromatic rings. The van der Waals surface area contributed by atoms with E-state index in [2.05, 4.69) is 0 Å². The minimum absolute atomic E-state index is 0.132. The van der Waals surface area contributed by atoms with Gasteiger partial charge in [0.1, 0.15) is 5.75 Å². The summed E-state index contributed by atoms with van der Waals surface area (Å²) in [7, 11) is -1.86. The first-order valence-electron chi connectivity index (χ1n) is 7.54. The van der Waals surface area contributed by atoms with Gasteiger partial charge in [0.25, 0.3) is 0 Å². The molecule has 2 aromatic carbocycles. The van der Waals surface area contributed by atoms with Gasteiger partial charge in [0.15, 0.2) is 9.84 Å². The Morgan fingerprint density at radius 2 is 1.65 bits per heavy atom. The van der Waals surface area contributed by atoms with E-state index in [1.165, 1.54) is 0 Å². The Morgan fingerprint density at radius 3 is 2.17 bits per heavy atom. The SMILES string of the molecule is COc1ccc([C@@H]2[C@@H](CO)[C@@H]2S(=O)(=O)c2ccc(C)cc2)cc1. The first kappa shape index (κ1) is 16.0. The average molecular weight is 332 g/mol. The van der Waals surface area contributed by atoms with Gasteiger partial charge in [-0.15, -0.1) is 0 Å². The Labute approximate surface area is 136 Å². The van der Waals surface area contributed by atoms with Crippen LogP contribution in [-0.4, -0.2) is 32.5 Å². The van der Waals surface area contributed by atoms with E-state index in [4.69, 9.17) is 4.74 Å². The van der Waals surface area contributed by atoms with Crippen molar-refractivity contribution in [3.05, 3.63) is 59.7 Å². The van der Waals surface area contributed by atoms with Gasteiger partial charge >= 0.3 is 0 Å². The first-order chi connectivity index (χ1) is 11.0. The Hall–Kier alpha value is -1.85. The maximum Gasteiger partial charge on any atom is 0.182 e. The second-order valence-electron chi connectivity index (χ2n) is 5.97. The summed E-state index contributed by atoms with van der Waals surface area (Å²) in [5.41, 5.74) is 1.94. The molecule has 0 heterocycles. The van der Waals surface area contributed by atoms with Gasteiger partial charge in [-0.3, -0.25) is 0 Å². The zero-order valence-electron chi connectivity index (χ0n) is 13.1. The van der Waals surface area contributed by atoms with Crippen molar-refractivity contribution >= 4 is 9.84 Å². The Morgan fingerprint density at radius 1 is 1.04 bits per heavy atom. The molecule has 1 saturated carbocycles. The summed E-state index contributed by atoms with van der Waals surface area (Å²) in [6, 6.07) is 14.3. The molecule has 0 amide bonds. The second kappa shape index (κ2) is 5.98. The summed E-state index contributed by atoms with van der Waals surface area (Å²) in [6.45, 7) is 1.79. The van der Waals surface area contributed by atoms with Crippen LogP contribution < -0.4 is 4.74 Å². The van der Waals surface area contributed by atoms with Gasteiger partial charge in [0.2, 0.25) is 0 Å². The molecule has 1 fully saturated rings. The predicted octanol–water partition coefficient (Wildman–Crippen LogP) is 2.55. The number of aliphatic hydroxyl groups excluding tert-OH is 1. The number of benzene rings is 2. The average Bonchev–Trinajstić information content (AvgIpc) is 3.31. The van der Waals surface area contributed by atoms with Crippen molar-refractivity contribution in [2.75, 3.05) is 13.7 Å². The van der Waals surface area contributed by atoms with Gasteiger partial charge in [0.05, 0.1) is 17.3 Å². The van der Waals surface area contributed by atoms with E-state index in [1.54, 1.807) is 31.4 Å². The minimum Gasteiger partial charge on any atom is -0.497 e. The predicted molar refractivity (Wildman–Crippen MR) is 88.5 cm³/mol. The topological polar surface area (TPSA) is 63.6 Å². The molecule has 0 radical (unpaired) electrons. The number of ether oxygens (including phenoxy) is 1. The largest absolute Gasteiger partial charge is 0.497 e. The maximum atomic E-state index is 12.8. The molecule has 0 aromatic heterocycles. The van der Waals surface area contributed by atoms with Crippen LogP contribution in [0.1, 0.15) is 17.0 Å². The van der Waals surface area contributed by atoms with E-state index in [-0.39, 0.29) is 18.4 Å². The quantitative estimate of drug-likeness (QED) is 0.914. The molecule has 1 aliphatic carbocycles. The van der Waals surface area contributed by atoms with E-state index in [9.17, 15) is 13.5 Å². The van der Waals surface area contributed by atoms with E-state index < -0.39 is 15.1 Å². The highest BCUT2D eigenvalue weighted by atomic mass is 32.2. The van der Waals surface area contributed by atoms with Crippen molar-refractivity contribution < 1.29 is 18.3 Å². The number of methoxy groups -OCH3 is 1. The number of aliphatic hydroxyl groups is 1. The van der Waals surface area contributed by atoms with Crippen LogP contribution in [-0.2, 0) is 9.84 Å². The number of hydrogen-bond acceptors (Lipinski definition) is 4. The molecule has 0 spiro atoms. The molecule has 1 N–H and O–H groups in total. The van der Waals surface area contributed by atoms with E-state index in [0.29, 0.717) is 4.90 Å². The fraction of sp³-hybridized carbons (Fsp3) is 0.333. The zero-order valence-corrected chi connectivity index (χ0v) is 14.0. The molecule has 5 heteroatoms. The third-order valence-corrected chi connectivity index (χ3v) is 6.80. The highest BCUT2D eigenvalue weighted by Gasteiger charge is 2.58. The van der Waals surface area contributed by atoms with Crippen molar-refractivity contribution in [3.8, 4) is 5.75 Å². The second-order valence-corrected chi connectivity index (χ2v) is 8.07. The van der Waals surface area contributed by atoms with Gasteiger partial charge in [-0.05, 0) is 36.8 Å². The van der Waals surface area contributed by atoms with Gasteiger partial charge in [-0.2, -0.15) is 0 Å². The van der Waals surface area contributed by atoms with Gasteiger partial charge in [0, 0.05) is 18.4 Å². The van der Waals surface area contributed by atoms with Crippen LogP contribution in [0.2, 0.25) is 0 Å². The number of hydrogen-bond donors (Lipinski definition) is 1. The Kier molecular flexibility index (Phi) is 4.17. The summed E-state index contributed by atoms with van der Waals surface area (Å²) < 4.78 is 30.8. The maximum absolute atomic E-state index is 12.8. The van der Waals surface area contributed by atoms with Crippen molar-refractivity contribution in [2.45, 2.75) is 23.0 Å². The zero-order chi connectivity index (χ0) is 16.6. The third kappa shape index (κ3) is 2.86. The van der Waals surface area contributed by atoms with E-state index >= 15 is 0 Å². The minimum atomic E-state index is -3.45. The van der Waals surface area contributed by atoms with Crippen LogP contribution >= 0.6 is 0 Å². The van der Waals surface area contributed by atoms with E-state index in [0.717, 1.165) is 16.9 Å². The standard InChI is InChI=1S/C18H20O4S/c1-12-3-9-15(10-4-12)23(20,21)18-16(11-19)17(18)13-5-7-14(22-2)8-6-13/h3-10,16-19H,11H2,1-2H3/t16-,17-,18+/m1/s1. The van der Waals surface area contributed by atoms with Crippen LogP contribution in [0, 0.1) is 12.8 Å². The number of aryl methyl sites for hydroxylation is 1. The van der Waals surface area contributed by atoms with Crippen LogP contribution in [0.3, 0.4) is 0 Å². The lowest BCUT2D eigenvalue weighted by Gasteiger charge is -2.05. The molecule has 4 nitrogen and oxygen atoms in total. The lowest BCUT2D eigenvalue weighted by molar-refractivity contribution is 0.274. The third-order valence-electron chi connectivity index (χ3n) is 4.52. The molecule has 1 aliphatic rings. The molecule has 23 heavy (non-hydrogen) atoms. The van der Waals surface area contributed by atoms with Gasteiger partial charge in [-0.25, -0.2) is 8.42 Å². The van der Waals surface area contributed by atoms with Gasteiger partial charge < -0.3 is 9.84 Å². The van der Waals surface area contributed by atoms with Gasteiger partial charge in [-0.1, -0.05) is 29.8 Å². The summed E-state index contributed by atoms with van der Waals surface area (Å²) in [6.07, 6.45) is 0. The molecule has 3 atom stereocenters. The monoisotopic (exact) mass is 332 g/mol. The van der Waals surface area contributed by atoms with Crippen LogP contribution in [0.25, 0.3) is 0 Å². The highest BCUT2D eigenvalue weighted by Crippen LogP contribution is 2.53. The molecule has 122 valence electrons. The molecule has 0 bridgehead atoms. The normalized spacial score (nSPS) is 23.5. The lowest BCUT2D eigenvalue weighted by atomic mass is 10.1. The molecule has 0 saturated heterocycles. The summed E-state index contributed by atoms with van der Waals surface area (Å²) in [4.78, 5) is 0.322. The molecular formula is C18H20O4S. The van der Waals surface area contributed by atoms with Crippen LogP contribution in [0.15, 0.2) is 53.4 Å². The molecular weight excluding hydrogens is 312 g/mol. The fourth-order valence-electron chi connectivity index (χ4n) is 3.13. The van der Waals surface area contributed by atoms with Crippen molar-refractivity contribution in [2.24, 2.45) is 5.92 Å². The van der Waals surface area contributed by atoms with Crippen molar-refractivity contribution in [1.82, 2.24) is 0 Å². The smallest absolute Gasteiger partial charge is 0.182 e. The summed E-state index contributed by atoms with van der Waals surface area (Å²) in [5, 5.41) is 9.01. The summed E-state index contributed by atoms with van der Waals surface area (Å²) in [5.74, 6) is 0.305. The van der Waals surface area contributed by atoms with Crippen molar-refractivity contribution in [3.63, 3.8) is 0 Å². The highest BCUT2D eigenvalue weighted by molar-refractivity contribution is 7.92. The molecule has 3 rings (SSSR count). The van der Waals surface area contributed by atoms with E-state index in [1.807, 2.05) is 31.2 Å². The van der Waals surface area contributed by atoms with Crippen molar-refractivity contribution in [1.29, 1.82) is 0 Å². The van der Waals surface area contributed by atoms with Crippen LogP contribution in [0.5, 0.6) is 5.75 Å². The Balaban J connectivity index is 1.90. The van der Waals surface area contributed by atoms with Crippen LogP contribution in [0.4, 0.5) is 0 Å². The lowest BCUT2D eigenvalue weighted by Crippen LogP contribution is -2.11. The number of rotatable bonds is 5. The number of sulfone groups is 1. The first-order valence-corrected chi connectivity index (χ1v) is 9.09. The Bertz CT molecular complexity index is 779.